The lowest BCUT2D eigenvalue weighted by Crippen LogP contribution is -2.60. The van der Waals surface area contributed by atoms with Gasteiger partial charge in [-0.25, -0.2) is 0 Å². The van der Waals surface area contributed by atoms with Crippen molar-refractivity contribution in [1.29, 1.82) is 0 Å². The summed E-state index contributed by atoms with van der Waals surface area (Å²) in [6, 6.07) is 1.91. The third-order valence-corrected chi connectivity index (χ3v) is 15.3. The summed E-state index contributed by atoms with van der Waals surface area (Å²) < 4.78 is 12.1. The number of rotatable bonds is 34. The molecular weight excluding hydrogens is 1060 g/mol. The lowest BCUT2D eigenvalue weighted by atomic mass is 9.89. The van der Waals surface area contributed by atoms with E-state index in [-0.39, 0.29) is 74.4 Å². The van der Waals surface area contributed by atoms with Gasteiger partial charge in [0.05, 0.1) is 49.1 Å². The number of imide groups is 1. The lowest BCUT2D eigenvalue weighted by molar-refractivity contribution is -0.148. The van der Waals surface area contributed by atoms with E-state index in [9.17, 15) is 57.8 Å². The SMILES string of the molecule is CC[C@H](C)[C@@H]([C@@H](CC(=O)N1CCC[C@H]1C(OC)[C@@H](C)C(=O)N[C@@H](Cc1ccccc1)C(=O)N[C@@H](CC(=O)O)C(=O)N[C@H](C(=O)NCCNC(=O)CCN1C(=O)C=CC1=O)C(C)C)OC)N(C)C(=O)[C@@H](NC(=O)[C@H](C(C)C)N(C)C)C(C)C. The Morgan fingerprint density at radius 1 is 0.695 bits per heavy atom. The van der Waals surface area contributed by atoms with Gasteiger partial charge < -0.3 is 56.3 Å². The van der Waals surface area contributed by atoms with Crippen molar-refractivity contribution in [1.82, 2.24) is 51.5 Å². The minimum Gasteiger partial charge on any atom is -0.481 e. The fourth-order valence-electron chi connectivity index (χ4n) is 10.7. The second kappa shape index (κ2) is 33.3. The summed E-state index contributed by atoms with van der Waals surface area (Å²) in [6.45, 7) is 16.6. The molecule has 11 atom stereocenters. The van der Waals surface area contributed by atoms with Crippen LogP contribution in [0.3, 0.4) is 0 Å². The van der Waals surface area contributed by atoms with E-state index in [0.717, 1.165) is 17.1 Å². The van der Waals surface area contributed by atoms with Crippen LogP contribution in [0, 0.1) is 29.6 Å². The number of benzene rings is 1. The molecule has 0 aromatic heterocycles. The number of carbonyl (C=O) groups excluding carboxylic acids is 10. The predicted octanol–water partition coefficient (Wildman–Crippen LogP) is 1.01. The summed E-state index contributed by atoms with van der Waals surface area (Å²) in [7, 11) is 8.23. The van der Waals surface area contributed by atoms with Crippen LogP contribution in [0.1, 0.15) is 106 Å². The quantitative estimate of drug-likeness (QED) is 0.0374. The van der Waals surface area contributed by atoms with Gasteiger partial charge >= 0.3 is 5.97 Å². The first-order valence-corrected chi connectivity index (χ1v) is 28.4. The van der Waals surface area contributed by atoms with Crippen LogP contribution in [0.5, 0.6) is 0 Å². The highest BCUT2D eigenvalue weighted by atomic mass is 16.5. The molecule has 1 saturated heterocycles. The molecule has 3 rings (SSSR count). The number of likely N-dealkylation sites (tertiary alicyclic amines) is 1. The highest BCUT2D eigenvalue weighted by molar-refractivity contribution is 6.13. The summed E-state index contributed by atoms with van der Waals surface area (Å²) in [6.07, 6.45) is 1.03. The molecule has 7 N–H and O–H groups in total. The second-order valence-electron chi connectivity index (χ2n) is 22.7. The van der Waals surface area contributed by atoms with E-state index in [4.69, 9.17) is 9.47 Å². The molecule has 1 fully saturated rings. The molecule has 2 aliphatic rings. The molecule has 1 unspecified atom stereocenters. The molecule has 24 nitrogen and oxygen atoms in total. The molecule has 1 aromatic rings. The molecule has 0 bridgehead atoms. The highest BCUT2D eigenvalue weighted by Gasteiger charge is 2.44. The molecule has 82 heavy (non-hydrogen) atoms. The van der Waals surface area contributed by atoms with Crippen LogP contribution < -0.4 is 31.9 Å². The Bertz CT molecular complexity index is 2380. The molecule has 0 radical (unpaired) electrons. The van der Waals surface area contributed by atoms with Gasteiger partial charge in [-0.1, -0.05) is 99.1 Å². The Labute approximate surface area is 483 Å². The second-order valence-corrected chi connectivity index (χ2v) is 22.7. The van der Waals surface area contributed by atoms with Crippen LogP contribution in [-0.4, -0.2) is 206 Å². The number of hydrogen-bond acceptors (Lipinski definition) is 14. The minimum absolute atomic E-state index is 0.0210. The number of ether oxygens (including phenoxy) is 2. The topological polar surface area (TPSA) is 312 Å². The molecular formula is C58H92N10O14. The fraction of sp³-hybridized carbons (Fsp3) is 0.672. The molecule has 10 amide bonds. The maximum atomic E-state index is 14.6. The van der Waals surface area contributed by atoms with Crippen molar-refractivity contribution in [3.63, 3.8) is 0 Å². The van der Waals surface area contributed by atoms with E-state index in [1.54, 1.807) is 68.0 Å². The number of carbonyl (C=O) groups is 11. The van der Waals surface area contributed by atoms with E-state index in [0.29, 0.717) is 31.4 Å². The largest absolute Gasteiger partial charge is 0.481 e. The number of aliphatic carboxylic acids is 1. The molecule has 0 saturated carbocycles. The van der Waals surface area contributed by atoms with E-state index in [1.807, 2.05) is 60.5 Å². The zero-order chi connectivity index (χ0) is 61.7. The first-order valence-electron chi connectivity index (χ1n) is 28.4. The summed E-state index contributed by atoms with van der Waals surface area (Å²) in [5.74, 6) is -8.95. The van der Waals surface area contributed by atoms with Crippen molar-refractivity contribution in [3.8, 4) is 0 Å². The van der Waals surface area contributed by atoms with Crippen molar-refractivity contribution in [2.45, 2.75) is 162 Å². The molecule has 2 aliphatic heterocycles. The standard InChI is InChI=1S/C58H92N10O14/c1-15-36(8)51(66(12)58(80)49(34(4)5)64-57(79)50(35(6)7)65(10)11)42(81-13)32-46(72)67-28-19-22-41(67)52(82-14)37(9)53(75)61-39(30-38-20-17-16-18-21-38)54(76)62-40(31-47(73)74)55(77)63-48(33(2)3)56(78)60-27-26-59-43(69)25-29-68-44(70)23-24-45(68)71/h16-18,20-21,23-24,33-37,39-42,48-52H,15,19,22,25-32H2,1-14H3,(H,59,69)(H,60,78)(H,61,75)(H,62,76)(H,63,77)(H,64,79)(H,73,74)/t36-,37+,39-,40-,41-,42+,48-,49-,50-,51-,52?/m0/s1. The number of amides is 10. The number of carboxylic acids is 1. The number of nitrogens with zero attached hydrogens (tertiary/aromatic N) is 4. The first kappa shape index (κ1) is 69.5. The average Bonchev–Trinajstić information content (AvgIpc) is 4.07. The van der Waals surface area contributed by atoms with Crippen LogP contribution in [0.15, 0.2) is 42.5 Å². The minimum atomic E-state index is -1.71. The van der Waals surface area contributed by atoms with E-state index in [2.05, 4.69) is 31.9 Å². The van der Waals surface area contributed by atoms with Gasteiger partial charge in [0.25, 0.3) is 11.8 Å². The van der Waals surface area contributed by atoms with Crippen LogP contribution >= 0.6 is 0 Å². The van der Waals surface area contributed by atoms with Crippen LogP contribution in [-0.2, 0) is 68.6 Å². The first-order chi connectivity index (χ1) is 38.6. The molecule has 0 spiro atoms. The average molecular weight is 1150 g/mol. The molecule has 458 valence electrons. The lowest BCUT2D eigenvalue weighted by Gasteiger charge is -2.41. The zero-order valence-electron chi connectivity index (χ0n) is 50.4. The number of likely N-dealkylation sites (N-methyl/N-ethyl adjacent to an activating group) is 2. The number of hydrogen-bond donors (Lipinski definition) is 7. The van der Waals surface area contributed by atoms with Gasteiger partial charge in [0, 0.05) is 72.4 Å². The number of methoxy groups -OCH3 is 2. The third kappa shape index (κ3) is 20.0. The Morgan fingerprint density at radius 2 is 1.27 bits per heavy atom. The van der Waals surface area contributed by atoms with Crippen molar-refractivity contribution >= 4 is 65.0 Å². The summed E-state index contributed by atoms with van der Waals surface area (Å²) in [5.41, 5.74) is 0.622. The van der Waals surface area contributed by atoms with E-state index < -0.39 is 120 Å². The van der Waals surface area contributed by atoms with Crippen LogP contribution in [0.25, 0.3) is 0 Å². The fourth-order valence-corrected chi connectivity index (χ4v) is 10.7. The Balaban J connectivity index is 1.79. The molecule has 0 aliphatic carbocycles. The summed E-state index contributed by atoms with van der Waals surface area (Å²) in [5, 5.41) is 25.9. The van der Waals surface area contributed by atoms with Gasteiger partial charge in [-0.15, -0.1) is 0 Å². The maximum Gasteiger partial charge on any atom is 0.305 e. The van der Waals surface area contributed by atoms with Crippen LogP contribution in [0.2, 0.25) is 0 Å². The van der Waals surface area contributed by atoms with E-state index in [1.165, 1.54) is 14.2 Å². The summed E-state index contributed by atoms with van der Waals surface area (Å²) >= 11 is 0. The molecule has 1 aromatic carbocycles. The Hall–Kier alpha value is -6.79. The van der Waals surface area contributed by atoms with Crippen molar-refractivity contribution < 1.29 is 67.3 Å². The number of nitrogens with one attached hydrogen (secondary N) is 6. The molecule has 2 heterocycles. The van der Waals surface area contributed by atoms with Gasteiger partial charge in [0.1, 0.15) is 24.2 Å². The summed E-state index contributed by atoms with van der Waals surface area (Å²) in [4.78, 5) is 153. The van der Waals surface area contributed by atoms with E-state index >= 15 is 0 Å². The third-order valence-electron chi connectivity index (χ3n) is 15.3. The number of carboxylic acid groups (broad SMARTS) is 1. The van der Waals surface area contributed by atoms with Crippen LogP contribution in [0.4, 0.5) is 0 Å². The van der Waals surface area contributed by atoms with Gasteiger partial charge in [-0.3, -0.25) is 62.5 Å². The predicted molar refractivity (Wildman–Crippen MR) is 305 cm³/mol. The zero-order valence-corrected chi connectivity index (χ0v) is 50.4. The van der Waals surface area contributed by atoms with Gasteiger partial charge in [-0.05, 0) is 56.2 Å². The Kier molecular flexibility index (Phi) is 28.3. The van der Waals surface area contributed by atoms with Crippen molar-refractivity contribution in [2.24, 2.45) is 29.6 Å². The Morgan fingerprint density at radius 3 is 1.80 bits per heavy atom. The van der Waals surface area contributed by atoms with Crippen molar-refractivity contribution in [3.05, 3.63) is 48.0 Å². The molecule has 24 heteroatoms. The van der Waals surface area contributed by atoms with Gasteiger partial charge in [0.15, 0.2) is 0 Å². The van der Waals surface area contributed by atoms with Crippen molar-refractivity contribution in [2.75, 3.05) is 61.5 Å². The maximum absolute atomic E-state index is 14.6. The highest BCUT2D eigenvalue weighted by Crippen LogP contribution is 2.30. The monoisotopic (exact) mass is 1150 g/mol. The van der Waals surface area contributed by atoms with Gasteiger partial charge in [-0.2, -0.15) is 0 Å². The smallest absolute Gasteiger partial charge is 0.305 e. The van der Waals surface area contributed by atoms with Gasteiger partial charge in [0.2, 0.25) is 47.3 Å². The normalized spacial score (nSPS) is 18.0.